The summed E-state index contributed by atoms with van der Waals surface area (Å²) in [5.41, 5.74) is 3.33. The van der Waals surface area contributed by atoms with E-state index in [0.29, 0.717) is 38.0 Å². The number of ether oxygens (including phenoxy) is 2. The van der Waals surface area contributed by atoms with Crippen LogP contribution in [0.2, 0.25) is 5.02 Å². The van der Waals surface area contributed by atoms with Crippen molar-refractivity contribution in [2.24, 2.45) is 4.99 Å². The van der Waals surface area contributed by atoms with Crippen LogP contribution >= 0.6 is 38.9 Å². The lowest BCUT2D eigenvalue weighted by molar-refractivity contribution is -0.139. The van der Waals surface area contributed by atoms with Crippen LogP contribution in [0.25, 0.3) is 6.08 Å². The van der Waals surface area contributed by atoms with Crippen molar-refractivity contribution in [3.8, 4) is 5.75 Å². The van der Waals surface area contributed by atoms with Crippen LogP contribution in [0.4, 0.5) is 0 Å². The smallest absolute Gasteiger partial charge is 0.338 e. The predicted octanol–water partition coefficient (Wildman–Crippen LogP) is 5.79. The monoisotopic (exact) mass is 622 g/mol. The second kappa shape index (κ2) is 11.7. The molecule has 198 valence electrons. The van der Waals surface area contributed by atoms with E-state index in [0.717, 1.165) is 21.2 Å². The van der Waals surface area contributed by atoms with E-state index in [4.69, 9.17) is 21.1 Å². The molecule has 0 amide bonds. The van der Waals surface area contributed by atoms with Crippen molar-refractivity contribution in [1.29, 1.82) is 0 Å². The molecule has 4 aromatic rings. The van der Waals surface area contributed by atoms with Gasteiger partial charge in [0.2, 0.25) is 0 Å². The summed E-state index contributed by atoms with van der Waals surface area (Å²) in [4.78, 5) is 31.8. The van der Waals surface area contributed by atoms with Crippen LogP contribution in [-0.2, 0) is 16.1 Å². The number of benzene rings is 3. The molecule has 1 atom stereocenters. The van der Waals surface area contributed by atoms with Crippen LogP contribution in [0.3, 0.4) is 0 Å². The fourth-order valence-electron chi connectivity index (χ4n) is 4.36. The van der Waals surface area contributed by atoms with Gasteiger partial charge in [-0.15, -0.1) is 0 Å². The Labute approximate surface area is 242 Å². The van der Waals surface area contributed by atoms with Crippen molar-refractivity contribution >= 4 is 50.9 Å². The van der Waals surface area contributed by atoms with Gasteiger partial charge in [0, 0.05) is 5.02 Å². The molecule has 3 aromatic carbocycles. The number of allylic oxidation sites excluding steroid dienone is 1. The van der Waals surface area contributed by atoms with Gasteiger partial charge in [-0.3, -0.25) is 9.36 Å². The summed E-state index contributed by atoms with van der Waals surface area (Å²) in [5, 5.41) is 0.678. The number of thiazole rings is 1. The zero-order valence-corrected chi connectivity index (χ0v) is 24.3. The van der Waals surface area contributed by atoms with Crippen molar-refractivity contribution < 1.29 is 14.3 Å². The second-order valence-electron chi connectivity index (χ2n) is 8.82. The third kappa shape index (κ3) is 5.78. The highest BCUT2D eigenvalue weighted by Crippen LogP contribution is 2.31. The molecule has 0 fully saturated rings. The van der Waals surface area contributed by atoms with Gasteiger partial charge in [0.15, 0.2) is 4.80 Å². The Morgan fingerprint density at radius 1 is 1.13 bits per heavy atom. The van der Waals surface area contributed by atoms with Gasteiger partial charge in [0.25, 0.3) is 5.56 Å². The lowest BCUT2D eigenvalue weighted by Crippen LogP contribution is -2.39. The van der Waals surface area contributed by atoms with Gasteiger partial charge >= 0.3 is 5.97 Å². The first-order valence-corrected chi connectivity index (χ1v) is 14.3. The van der Waals surface area contributed by atoms with Crippen LogP contribution in [0, 0.1) is 0 Å². The highest BCUT2D eigenvalue weighted by Gasteiger charge is 2.33. The van der Waals surface area contributed by atoms with Gasteiger partial charge in [-0.25, -0.2) is 9.79 Å². The Hall–Kier alpha value is -3.46. The number of esters is 1. The number of fused-ring (bicyclic) bond motifs is 1. The van der Waals surface area contributed by atoms with E-state index in [-0.39, 0.29) is 12.2 Å². The van der Waals surface area contributed by atoms with Crippen molar-refractivity contribution in [2.45, 2.75) is 26.5 Å². The average molecular weight is 624 g/mol. The van der Waals surface area contributed by atoms with E-state index in [9.17, 15) is 9.59 Å². The minimum absolute atomic E-state index is 0.221. The number of carbonyl (C=O) groups is 1. The summed E-state index contributed by atoms with van der Waals surface area (Å²) in [6, 6.07) is 22.0. The molecule has 0 saturated heterocycles. The normalized spacial score (nSPS) is 15.1. The van der Waals surface area contributed by atoms with E-state index in [1.165, 1.54) is 11.3 Å². The van der Waals surface area contributed by atoms with Crippen LogP contribution in [0.1, 0.15) is 36.6 Å². The van der Waals surface area contributed by atoms with Gasteiger partial charge in [0.1, 0.15) is 12.4 Å². The highest BCUT2D eigenvalue weighted by molar-refractivity contribution is 9.10. The van der Waals surface area contributed by atoms with E-state index < -0.39 is 12.0 Å². The number of nitrogens with zero attached hydrogens (tertiary/aromatic N) is 2. The van der Waals surface area contributed by atoms with E-state index in [2.05, 4.69) is 20.9 Å². The number of rotatable bonds is 7. The molecule has 9 heteroatoms. The number of hydrogen-bond donors (Lipinski definition) is 0. The lowest BCUT2D eigenvalue weighted by atomic mass is 9.96. The summed E-state index contributed by atoms with van der Waals surface area (Å²) in [7, 11) is 0. The average Bonchev–Trinajstić information content (AvgIpc) is 3.23. The third-order valence-corrected chi connectivity index (χ3v) is 8.05. The van der Waals surface area contributed by atoms with Crippen molar-refractivity contribution in [3.63, 3.8) is 0 Å². The fourth-order valence-corrected chi connectivity index (χ4v) is 6.04. The first kappa shape index (κ1) is 27.1. The number of aromatic nitrogens is 1. The van der Waals surface area contributed by atoms with Gasteiger partial charge in [-0.05, 0) is 76.8 Å². The van der Waals surface area contributed by atoms with Gasteiger partial charge in [-0.1, -0.05) is 71.5 Å². The first-order valence-electron chi connectivity index (χ1n) is 12.3. The second-order valence-corrected chi connectivity index (χ2v) is 11.1. The minimum Gasteiger partial charge on any atom is -0.488 e. The molecule has 0 bridgehead atoms. The van der Waals surface area contributed by atoms with E-state index in [1.807, 2.05) is 78.9 Å². The summed E-state index contributed by atoms with van der Waals surface area (Å²) < 4.78 is 14.2. The van der Waals surface area contributed by atoms with Crippen molar-refractivity contribution in [2.75, 3.05) is 6.61 Å². The Balaban J connectivity index is 1.50. The molecule has 39 heavy (non-hydrogen) atoms. The molecule has 0 saturated carbocycles. The summed E-state index contributed by atoms with van der Waals surface area (Å²) >= 11 is 10.8. The molecule has 0 radical (unpaired) electrons. The summed E-state index contributed by atoms with van der Waals surface area (Å²) in [6.45, 7) is 4.16. The first-order chi connectivity index (χ1) is 18.9. The number of hydrogen-bond acceptors (Lipinski definition) is 6. The molecule has 5 rings (SSSR count). The molecular weight excluding hydrogens is 600 g/mol. The lowest BCUT2D eigenvalue weighted by Gasteiger charge is -2.24. The maximum absolute atomic E-state index is 13.7. The standard InChI is InChI=1S/C30H24BrClN2O4S/c1-3-37-29(36)26-18(2)33-30-34(27(26)21-7-5-4-6-8-21)28(35)25(39-30)16-20-11-14-24(23(31)15-20)38-17-19-9-12-22(32)13-10-19/h4-16,27H,3,17H2,1-2H3/b25-16-/t27-/m0/s1. The molecule has 1 aromatic heterocycles. The van der Waals surface area contributed by atoms with Gasteiger partial charge in [-0.2, -0.15) is 0 Å². The van der Waals surface area contributed by atoms with Crippen LogP contribution in [0.5, 0.6) is 5.75 Å². The zero-order valence-electron chi connectivity index (χ0n) is 21.2. The minimum atomic E-state index is -0.626. The van der Waals surface area contributed by atoms with E-state index in [1.54, 1.807) is 18.4 Å². The molecular formula is C30H24BrClN2O4S. The molecule has 1 aliphatic rings. The van der Waals surface area contributed by atoms with Crippen LogP contribution in [0.15, 0.2) is 98.3 Å². The summed E-state index contributed by atoms with van der Waals surface area (Å²) in [5.74, 6) is 0.211. The maximum Gasteiger partial charge on any atom is 0.338 e. The van der Waals surface area contributed by atoms with Crippen LogP contribution < -0.4 is 19.6 Å². The number of carbonyl (C=O) groups excluding carboxylic acids is 1. The quantitative estimate of drug-likeness (QED) is 0.244. The molecule has 0 unspecified atom stereocenters. The topological polar surface area (TPSA) is 69.9 Å². The molecule has 0 aliphatic carbocycles. The Bertz CT molecular complexity index is 1740. The highest BCUT2D eigenvalue weighted by atomic mass is 79.9. The zero-order chi connectivity index (χ0) is 27.5. The van der Waals surface area contributed by atoms with Gasteiger partial charge in [0.05, 0.1) is 32.9 Å². The number of halogens is 2. The molecule has 6 nitrogen and oxygen atoms in total. The maximum atomic E-state index is 13.7. The third-order valence-electron chi connectivity index (χ3n) is 6.19. The molecule has 0 spiro atoms. The Morgan fingerprint density at radius 2 is 1.87 bits per heavy atom. The SMILES string of the molecule is CCOC(=O)C1=C(C)N=c2s/c(=C\c3ccc(OCc4ccc(Cl)cc4)c(Br)c3)c(=O)n2[C@H]1c1ccccc1. The Kier molecular flexibility index (Phi) is 8.16. The molecule has 0 N–H and O–H groups in total. The van der Waals surface area contributed by atoms with Crippen molar-refractivity contribution in [1.82, 2.24) is 4.57 Å². The predicted molar refractivity (Wildman–Crippen MR) is 157 cm³/mol. The molecule has 2 heterocycles. The van der Waals surface area contributed by atoms with Crippen molar-refractivity contribution in [3.05, 3.63) is 130 Å². The fraction of sp³-hybridized carbons (Fsp3) is 0.167. The summed E-state index contributed by atoms with van der Waals surface area (Å²) in [6.07, 6.45) is 1.82. The largest absolute Gasteiger partial charge is 0.488 e. The van der Waals surface area contributed by atoms with Crippen LogP contribution in [-0.4, -0.2) is 17.1 Å². The van der Waals surface area contributed by atoms with E-state index >= 15 is 0 Å². The molecule has 1 aliphatic heterocycles. The van der Waals surface area contributed by atoms with Gasteiger partial charge < -0.3 is 9.47 Å². The Morgan fingerprint density at radius 3 is 2.56 bits per heavy atom.